The van der Waals surface area contributed by atoms with Gasteiger partial charge in [0.2, 0.25) is 0 Å². The van der Waals surface area contributed by atoms with Gasteiger partial charge in [0.25, 0.3) is 0 Å². The fourth-order valence-corrected chi connectivity index (χ4v) is 1.63. The normalized spacial score (nSPS) is 9.18. The van der Waals surface area contributed by atoms with Gasteiger partial charge in [0.1, 0.15) is 5.75 Å². The zero-order valence-electron chi connectivity index (χ0n) is 11.0. The fourth-order valence-electron chi connectivity index (χ4n) is 1.63. The molecule has 0 aromatic heterocycles. The number of ether oxygens (including phenoxy) is 1. The van der Waals surface area contributed by atoms with E-state index in [1.165, 1.54) is 16.7 Å². The van der Waals surface area contributed by atoms with Gasteiger partial charge in [-0.15, -0.1) is 0 Å². The van der Waals surface area contributed by atoms with Gasteiger partial charge in [-0.1, -0.05) is 55.8 Å². The van der Waals surface area contributed by atoms with E-state index in [-0.39, 0.29) is 0 Å². The van der Waals surface area contributed by atoms with E-state index in [4.69, 9.17) is 4.74 Å². The lowest BCUT2D eigenvalue weighted by Gasteiger charge is -2.05. The van der Waals surface area contributed by atoms with Crippen molar-refractivity contribution < 1.29 is 4.74 Å². The van der Waals surface area contributed by atoms with Crippen molar-refractivity contribution in [2.75, 3.05) is 7.11 Å². The molecule has 2 aromatic carbocycles. The van der Waals surface area contributed by atoms with Gasteiger partial charge in [-0.2, -0.15) is 0 Å². The van der Waals surface area contributed by atoms with E-state index in [0.717, 1.165) is 5.75 Å². The van der Waals surface area contributed by atoms with Crippen LogP contribution in [0.1, 0.15) is 19.4 Å². The zero-order valence-corrected chi connectivity index (χ0v) is 11.0. The maximum Gasteiger partial charge on any atom is 0.119 e. The van der Waals surface area contributed by atoms with Gasteiger partial charge in [0.05, 0.1) is 7.11 Å². The third-order valence-corrected chi connectivity index (χ3v) is 2.42. The standard InChI is InChI=1S/C14H14O.C2H6/c1-11-5-3-6-12(9-11)13-7-4-8-14(10-13)15-2;1-2/h3-10H,1-2H3;1-2H3. The Kier molecular flexibility index (Phi) is 5.28. The smallest absolute Gasteiger partial charge is 0.119 e. The van der Waals surface area contributed by atoms with E-state index >= 15 is 0 Å². The Bertz CT molecular complexity index is 461. The molecule has 2 rings (SSSR count). The quantitative estimate of drug-likeness (QED) is 0.724. The van der Waals surface area contributed by atoms with Crippen LogP contribution in [0, 0.1) is 6.92 Å². The molecular weight excluding hydrogens is 208 g/mol. The molecule has 0 N–H and O–H groups in total. The van der Waals surface area contributed by atoms with E-state index < -0.39 is 0 Å². The van der Waals surface area contributed by atoms with Gasteiger partial charge in [-0.25, -0.2) is 0 Å². The summed E-state index contributed by atoms with van der Waals surface area (Å²) in [5, 5.41) is 0. The van der Waals surface area contributed by atoms with Crippen LogP contribution in [0.4, 0.5) is 0 Å². The van der Waals surface area contributed by atoms with Crippen LogP contribution in [-0.2, 0) is 0 Å². The number of aryl methyl sites for hydroxylation is 1. The molecule has 90 valence electrons. The Balaban J connectivity index is 0.000000686. The van der Waals surface area contributed by atoms with Crippen molar-refractivity contribution in [1.29, 1.82) is 0 Å². The first-order valence-electron chi connectivity index (χ1n) is 6.01. The lowest BCUT2D eigenvalue weighted by atomic mass is 10.0. The van der Waals surface area contributed by atoms with E-state index in [9.17, 15) is 0 Å². The molecule has 0 atom stereocenters. The topological polar surface area (TPSA) is 9.23 Å². The molecular formula is C16H20O. The van der Waals surface area contributed by atoms with Crippen LogP contribution < -0.4 is 4.74 Å². The van der Waals surface area contributed by atoms with Crippen LogP contribution in [0.2, 0.25) is 0 Å². The van der Waals surface area contributed by atoms with Crippen molar-refractivity contribution in [2.45, 2.75) is 20.8 Å². The molecule has 0 aliphatic rings. The van der Waals surface area contributed by atoms with Crippen molar-refractivity contribution in [3.63, 3.8) is 0 Å². The minimum absolute atomic E-state index is 0.897. The lowest BCUT2D eigenvalue weighted by molar-refractivity contribution is 0.415. The average Bonchev–Trinajstić information content (AvgIpc) is 2.41. The molecule has 0 amide bonds. The summed E-state index contributed by atoms with van der Waals surface area (Å²) in [5.74, 6) is 0.897. The second-order valence-corrected chi connectivity index (χ2v) is 3.60. The Hall–Kier alpha value is -1.76. The van der Waals surface area contributed by atoms with E-state index in [1.807, 2.05) is 26.0 Å². The minimum atomic E-state index is 0.897. The molecule has 0 aliphatic carbocycles. The fraction of sp³-hybridized carbons (Fsp3) is 0.250. The Labute approximate surface area is 104 Å². The average molecular weight is 228 g/mol. The highest BCUT2D eigenvalue weighted by Crippen LogP contribution is 2.24. The second-order valence-electron chi connectivity index (χ2n) is 3.60. The summed E-state index contributed by atoms with van der Waals surface area (Å²) < 4.78 is 5.21. The van der Waals surface area contributed by atoms with Crippen LogP contribution in [0.5, 0.6) is 5.75 Å². The Morgan fingerprint density at radius 1 is 0.824 bits per heavy atom. The van der Waals surface area contributed by atoms with E-state index in [2.05, 4.69) is 43.3 Å². The molecule has 0 saturated heterocycles. The van der Waals surface area contributed by atoms with Crippen LogP contribution in [-0.4, -0.2) is 7.11 Å². The maximum atomic E-state index is 5.21. The van der Waals surface area contributed by atoms with Crippen LogP contribution in [0.3, 0.4) is 0 Å². The van der Waals surface area contributed by atoms with Crippen molar-refractivity contribution in [2.24, 2.45) is 0 Å². The first kappa shape index (κ1) is 13.3. The van der Waals surface area contributed by atoms with Crippen LogP contribution in [0.15, 0.2) is 48.5 Å². The van der Waals surface area contributed by atoms with Gasteiger partial charge in [-0.05, 0) is 30.2 Å². The summed E-state index contributed by atoms with van der Waals surface area (Å²) in [6.07, 6.45) is 0. The molecule has 2 aromatic rings. The van der Waals surface area contributed by atoms with E-state index in [1.54, 1.807) is 7.11 Å². The van der Waals surface area contributed by atoms with E-state index in [0.29, 0.717) is 0 Å². The first-order chi connectivity index (χ1) is 8.29. The van der Waals surface area contributed by atoms with Gasteiger partial charge >= 0.3 is 0 Å². The minimum Gasteiger partial charge on any atom is -0.497 e. The van der Waals surface area contributed by atoms with Gasteiger partial charge < -0.3 is 4.74 Å². The summed E-state index contributed by atoms with van der Waals surface area (Å²) in [4.78, 5) is 0. The number of methoxy groups -OCH3 is 1. The summed E-state index contributed by atoms with van der Waals surface area (Å²) in [7, 11) is 1.69. The third-order valence-electron chi connectivity index (χ3n) is 2.42. The molecule has 1 nitrogen and oxygen atoms in total. The highest BCUT2D eigenvalue weighted by atomic mass is 16.5. The molecule has 0 aliphatic heterocycles. The first-order valence-corrected chi connectivity index (χ1v) is 6.01. The summed E-state index contributed by atoms with van der Waals surface area (Å²) >= 11 is 0. The van der Waals surface area contributed by atoms with Crippen molar-refractivity contribution in [3.05, 3.63) is 54.1 Å². The summed E-state index contributed by atoms with van der Waals surface area (Å²) in [6, 6.07) is 16.6. The van der Waals surface area contributed by atoms with Crippen molar-refractivity contribution in [1.82, 2.24) is 0 Å². The molecule has 17 heavy (non-hydrogen) atoms. The largest absolute Gasteiger partial charge is 0.497 e. The van der Waals surface area contributed by atoms with Gasteiger partial charge in [0, 0.05) is 0 Å². The van der Waals surface area contributed by atoms with Crippen molar-refractivity contribution in [3.8, 4) is 16.9 Å². The SMILES string of the molecule is CC.COc1cccc(-c2cccc(C)c2)c1. The van der Waals surface area contributed by atoms with Crippen molar-refractivity contribution >= 4 is 0 Å². The molecule has 1 heteroatoms. The van der Waals surface area contributed by atoms with Gasteiger partial charge in [-0.3, -0.25) is 0 Å². The number of rotatable bonds is 2. The summed E-state index contributed by atoms with van der Waals surface area (Å²) in [5.41, 5.74) is 3.70. The van der Waals surface area contributed by atoms with Crippen LogP contribution in [0.25, 0.3) is 11.1 Å². The molecule has 0 spiro atoms. The molecule has 0 saturated carbocycles. The molecule has 0 unspecified atom stereocenters. The third kappa shape index (κ3) is 3.63. The monoisotopic (exact) mass is 228 g/mol. The second kappa shape index (κ2) is 6.74. The van der Waals surface area contributed by atoms with Crippen LogP contribution >= 0.6 is 0 Å². The Morgan fingerprint density at radius 2 is 1.41 bits per heavy atom. The summed E-state index contributed by atoms with van der Waals surface area (Å²) in [6.45, 7) is 6.10. The molecule has 0 radical (unpaired) electrons. The number of hydrogen-bond acceptors (Lipinski definition) is 1. The van der Waals surface area contributed by atoms with Gasteiger partial charge in [0.15, 0.2) is 0 Å². The number of benzene rings is 2. The molecule has 0 fully saturated rings. The number of hydrogen-bond donors (Lipinski definition) is 0. The zero-order chi connectivity index (χ0) is 12.7. The predicted molar refractivity (Wildman–Crippen MR) is 74.5 cm³/mol. The predicted octanol–water partition coefficient (Wildman–Crippen LogP) is 4.70. The molecule has 0 bridgehead atoms. The lowest BCUT2D eigenvalue weighted by Crippen LogP contribution is -1.84. The highest BCUT2D eigenvalue weighted by molar-refractivity contribution is 5.65. The Morgan fingerprint density at radius 3 is 2.00 bits per heavy atom. The maximum absolute atomic E-state index is 5.21. The highest BCUT2D eigenvalue weighted by Gasteiger charge is 1.98. The molecule has 0 heterocycles.